The molecular formula is C13H21F. The molecule has 0 aliphatic rings. The van der Waals surface area contributed by atoms with Crippen LogP contribution in [0.25, 0.3) is 0 Å². The number of hydrogen-bond donors (Lipinski definition) is 0. The Morgan fingerprint density at radius 1 is 1.36 bits per heavy atom. The fourth-order valence-corrected chi connectivity index (χ4v) is 1.06. The van der Waals surface area contributed by atoms with Gasteiger partial charge in [-0.1, -0.05) is 30.7 Å². The van der Waals surface area contributed by atoms with Crippen molar-refractivity contribution >= 4 is 0 Å². The fourth-order valence-electron chi connectivity index (χ4n) is 1.06. The van der Waals surface area contributed by atoms with Gasteiger partial charge in [-0.3, -0.25) is 0 Å². The lowest BCUT2D eigenvalue weighted by Crippen LogP contribution is -1.95. The van der Waals surface area contributed by atoms with Gasteiger partial charge in [0.1, 0.15) is 6.17 Å². The van der Waals surface area contributed by atoms with Crippen LogP contribution in [-0.2, 0) is 0 Å². The minimum atomic E-state index is -0.861. The van der Waals surface area contributed by atoms with Crippen molar-refractivity contribution in [2.24, 2.45) is 0 Å². The van der Waals surface area contributed by atoms with Gasteiger partial charge < -0.3 is 0 Å². The highest BCUT2D eigenvalue weighted by molar-refractivity contribution is 5.37. The molecule has 0 radical (unpaired) electrons. The van der Waals surface area contributed by atoms with Crippen molar-refractivity contribution in [2.45, 2.75) is 47.2 Å². The van der Waals surface area contributed by atoms with Crippen molar-refractivity contribution in [3.8, 4) is 0 Å². The maximum absolute atomic E-state index is 12.9. The molecule has 0 nitrogen and oxygen atoms in total. The first-order valence-electron chi connectivity index (χ1n) is 5.17. The van der Waals surface area contributed by atoms with Crippen LogP contribution in [0.3, 0.4) is 0 Å². The molecule has 0 aliphatic heterocycles. The Kier molecular flexibility index (Phi) is 6.18. The SMILES string of the molecule is C\C=C/C(/C=C(/C)C(C)F)=C(/C)CC. The number of halogens is 1. The summed E-state index contributed by atoms with van der Waals surface area (Å²) in [6.45, 7) is 9.57. The van der Waals surface area contributed by atoms with Crippen LogP contribution in [0.1, 0.15) is 41.0 Å². The predicted octanol–water partition coefficient (Wildman–Crippen LogP) is 4.59. The number of alkyl halides is 1. The smallest absolute Gasteiger partial charge is 0.118 e. The Balaban J connectivity index is 4.97. The van der Waals surface area contributed by atoms with Gasteiger partial charge in [-0.05, 0) is 45.3 Å². The highest BCUT2D eigenvalue weighted by atomic mass is 19.1. The predicted molar refractivity (Wildman–Crippen MR) is 62.1 cm³/mol. The summed E-state index contributed by atoms with van der Waals surface area (Å²) in [5.74, 6) is 0. The molecule has 0 heterocycles. The third-order valence-electron chi connectivity index (χ3n) is 2.38. The second-order valence-corrected chi connectivity index (χ2v) is 3.59. The van der Waals surface area contributed by atoms with Crippen molar-refractivity contribution in [1.82, 2.24) is 0 Å². The van der Waals surface area contributed by atoms with E-state index in [1.807, 2.05) is 32.1 Å². The van der Waals surface area contributed by atoms with Crippen molar-refractivity contribution in [1.29, 1.82) is 0 Å². The Hall–Kier alpha value is -0.850. The molecule has 80 valence electrons. The van der Waals surface area contributed by atoms with Gasteiger partial charge in [0.2, 0.25) is 0 Å². The summed E-state index contributed by atoms with van der Waals surface area (Å²) < 4.78 is 12.9. The molecule has 1 unspecified atom stereocenters. The maximum atomic E-state index is 12.9. The van der Waals surface area contributed by atoms with E-state index in [4.69, 9.17) is 0 Å². The van der Waals surface area contributed by atoms with Crippen LogP contribution in [0.15, 0.2) is 34.9 Å². The molecule has 14 heavy (non-hydrogen) atoms. The topological polar surface area (TPSA) is 0 Å². The second-order valence-electron chi connectivity index (χ2n) is 3.59. The molecule has 0 amide bonds. The Morgan fingerprint density at radius 3 is 2.29 bits per heavy atom. The van der Waals surface area contributed by atoms with E-state index in [2.05, 4.69) is 13.8 Å². The van der Waals surface area contributed by atoms with E-state index in [1.165, 1.54) is 5.57 Å². The molecule has 0 spiro atoms. The van der Waals surface area contributed by atoms with Crippen LogP contribution >= 0.6 is 0 Å². The standard InChI is InChI=1S/C13H21F/c1-6-8-13(10(3)7-2)9-11(4)12(5)14/h6,8-9,12H,7H2,1-5H3/b8-6-,11-9-,13-10+. The van der Waals surface area contributed by atoms with Crippen LogP contribution in [0.2, 0.25) is 0 Å². The Labute approximate surface area is 87.2 Å². The summed E-state index contributed by atoms with van der Waals surface area (Å²) in [4.78, 5) is 0. The minimum Gasteiger partial charge on any atom is -0.243 e. The molecule has 1 heteroatoms. The molecule has 0 rings (SSSR count). The zero-order valence-electron chi connectivity index (χ0n) is 9.89. The van der Waals surface area contributed by atoms with Crippen LogP contribution in [0, 0.1) is 0 Å². The van der Waals surface area contributed by atoms with Gasteiger partial charge in [-0.15, -0.1) is 0 Å². The first-order valence-corrected chi connectivity index (χ1v) is 5.17. The largest absolute Gasteiger partial charge is 0.243 e. The summed E-state index contributed by atoms with van der Waals surface area (Å²) in [5.41, 5.74) is 3.21. The lowest BCUT2D eigenvalue weighted by molar-refractivity contribution is 0.411. The van der Waals surface area contributed by atoms with Gasteiger partial charge in [0, 0.05) is 0 Å². The molecule has 0 fully saturated rings. The number of allylic oxidation sites excluding steroid dienone is 6. The number of rotatable bonds is 4. The zero-order valence-corrected chi connectivity index (χ0v) is 9.89. The van der Waals surface area contributed by atoms with Gasteiger partial charge in [0.25, 0.3) is 0 Å². The van der Waals surface area contributed by atoms with Crippen molar-refractivity contribution < 1.29 is 4.39 Å². The fraction of sp³-hybridized carbons (Fsp3) is 0.538. The van der Waals surface area contributed by atoms with E-state index in [9.17, 15) is 4.39 Å². The quantitative estimate of drug-likeness (QED) is 0.577. The molecule has 0 N–H and O–H groups in total. The molecule has 0 saturated carbocycles. The third kappa shape index (κ3) is 4.40. The van der Waals surface area contributed by atoms with E-state index >= 15 is 0 Å². The average Bonchev–Trinajstić information content (AvgIpc) is 2.15. The first-order chi connectivity index (χ1) is 6.52. The molecule has 0 bridgehead atoms. The van der Waals surface area contributed by atoms with Crippen LogP contribution in [0.5, 0.6) is 0 Å². The summed E-state index contributed by atoms with van der Waals surface area (Å²) in [6, 6.07) is 0. The summed E-state index contributed by atoms with van der Waals surface area (Å²) in [5, 5.41) is 0. The van der Waals surface area contributed by atoms with Crippen LogP contribution in [0.4, 0.5) is 4.39 Å². The Morgan fingerprint density at radius 2 is 1.93 bits per heavy atom. The highest BCUT2D eigenvalue weighted by Gasteiger charge is 2.01. The molecule has 0 aliphatic carbocycles. The first kappa shape index (κ1) is 13.2. The summed E-state index contributed by atoms with van der Waals surface area (Å²) in [7, 11) is 0. The minimum absolute atomic E-state index is 0.783. The van der Waals surface area contributed by atoms with E-state index in [0.717, 1.165) is 17.6 Å². The van der Waals surface area contributed by atoms with E-state index in [-0.39, 0.29) is 0 Å². The normalized spacial score (nSPS) is 17.1. The van der Waals surface area contributed by atoms with Crippen molar-refractivity contribution in [3.63, 3.8) is 0 Å². The number of hydrogen-bond acceptors (Lipinski definition) is 0. The van der Waals surface area contributed by atoms with Gasteiger partial charge in [0.15, 0.2) is 0 Å². The molecule has 0 aromatic heterocycles. The van der Waals surface area contributed by atoms with Gasteiger partial charge in [0.05, 0.1) is 0 Å². The van der Waals surface area contributed by atoms with E-state index in [1.54, 1.807) is 6.92 Å². The highest BCUT2D eigenvalue weighted by Crippen LogP contribution is 2.15. The second kappa shape index (κ2) is 6.58. The van der Waals surface area contributed by atoms with Crippen LogP contribution in [-0.4, -0.2) is 6.17 Å². The van der Waals surface area contributed by atoms with E-state index < -0.39 is 6.17 Å². The summed E-state index contributed by atoms with van der Waals surface area (Å²) in [6.07, 6.45) is 6.10. The van der Waals surface area contributed by atoms with Crippen molar-refractivity contribution in [3.05, 3.63) is 34.9 Å². The zero-order chi connectivity index (χ0) is 11.1. The Bertz CT molecular complexity index is 254. The molecule has 0 saturated heterocycles. The molecule has 0 aromatic rings. The maximum Gasteiger partial charge on any atom is 0.118 e. The van der Waals surface area contributed by atoms with Gasteiger partial charge in [-0.2, -0.15) is 0 Å². The molecule has 0 aromatic carbocycles. The third-order valence-corrected chi connectivity index (χ3v) is 2.38. The summed E-state index contributed by atoms with van der Waals surface area (Å²) >= 11 is 0. The molecule has 1 atom stereocenters. The lowest BCUT2D eigenvalue weighted by Gasteiger charge is -2.05. The lowest BCUT2D eigenvalue weighted by atomic mass is 10.0. The van der Waals surface area contributed by atoms with Crippen LogP contribution < -0.4 is 0 Å². The van der Waals surface area contributed by atoms with Crippen molar-refractivity contribution in [2.75, 3.05) is 0 Å². The molecular weight excluding hydrogens is 175 g/mol. The van der Waals surface area contributed by atoms with Gasteiger partial charge >= 0.3 is 0 Å². The average molecular weight is 196 g/mol. The van der Waals surface area contributed by atoms with E-state index in [0.29, 0.717) is 0 Å². The monoisotopic (exact) mass is 196 g/mol. The van der Waals surface area contributed by atoms with Gasteiger partial charge in [-0.25, -0.2) is 4.39 Å².